The van der Waals surface area contributed by atoms with E-state index in [-0.39, 0.29) is 12.4 Å². The average Bonchev–Trinajstić information content (AvgIpc) is 2.65. The molecule has 0 unspecified atom stereocenters. The molecule has 0 saturated carbocycles. The van der Waals surface area contributed by atoms with Crippen molar-refractivity contribution in [1.29, 1.82) is 0 Å². The zero-order valence-electron chi connectivity index (χ0n) is 10.6. The molecule has 0 atom stereocenters. The smallest absolute Gasteiger partial charge is 0.167 e. The monoisotopic (exact) mass is 330 g/mol. The third-order valence-electron chi connectivity index (χ3n) is 2.71. The van der Waals surface area contributed by atoms with E-state index >= 15 is 0 Å². The van der Waals surface area contributed by atoms with Gasteiger partial charge in [-0.2, -0.15) is 5.10 Å². The molecule has 0 saturated heterocycles. The van der Waals surface area contributed by atoms with Gasteiger partial charge in [0.05, 0.1) is 15.9 Å². The standard InChI is InChI=1S/C13H13BrF2N2O/c1-3-18-11(13(14)8(2)17-18)7-19-12-5-4-9(15)6-10(12)16/h4-6H,3,7H2,1-2H3. The molecule has 0 amide bonds. The van der Waals surface area contributed by atoms with Crippen LogP contribution in [-0.4, -0.2) is 9.78 Å². The quantitative estimate of drug-likeness (QED) is 0.851. The lowest BCUT2D eigenvalue weighted by molar-refractivity contribution is 0.276. The molecule has 0 N–H and O–H groups in total. The lowest BCUT2D eigenvalue weighted by Gasteiger charge is -2.09. The SMILES string of the molecule is CCn1nc(C)c(Br)c1COc1ccc(F)cc1F. The molecule has 102 valence electrons. The van der Waals surface area contributed by atoms with Crippen LogP contribution in [0.15, 0.2) is 22.7 Å². The number of aryl methyl sites for hydroxylation is 2. The van der Waals surface area contributed by atoms with Crippen molar-refractivity contribution >= 4 is 15.9 Å². The Kier molecular flexibility index (Phi) is 4.19. The number of hydrogen-bond donors (Lipinski definition) is 0. The van der Waals surface area contributed by atoms with Gasteiger partial charge < -0.3 is 4.74 Å². The van der Waals surface area contributed by atoms with E-state index in [1.165, 1.54) is 6.07 Å². The Labute approximate surface area is 118 Å². The maximum atomic E-state index is 13.4. The van der Waals surface area contributed by atoms with Crippen LogP contribution in [0.25, 0.3) is 0 Å². The average molecular weight is 331 g/mol. The molecule has 1 aromatic carbocycles. The Bertz CT molecular complexity index is 599. The van der Waals surface area contributed by atoms with Gasteiger partial charge in [-0.1, -0.05) is 0 Å². The fourth-order valence-corrected chi connectivity index (χ4v) is 2.14. The normalized spacial score (nSPS) is 10.8. The molecule has 0 fully saturated rings. The number of halogens is 3. The second kappa shape index (κ2) is 5.69. The van der Waals surface area contributed by atoms with E-state index in [0.717, 1.165) is 28.0 Å². The summed E-state index contributed by atoms with van der Waals surface area (Å²) in [6.45, 7) is 4.69. The summed E-state index contributed by atoms with van der Waals surface area (Å²) in [4.78, 5) is 0. The first-order valence-electron chi connectivity index (χ1n) is 5.82. The molecule has 3 nitrogen and oxygen atoms in total. The molecule has 2 rings (SSSR count). The van der Waals surface area contributed by atoms with E-state index in [0.29, 0.717) is 6.54 Å². The first-order valence-corrected chi connectivity index (χ1v) is 6.61. The highest BCUT2D eigenvalue weighted by Crippen LogP contribution is 2.24. The van der Waals surface area contributed by atoms with Crippen LogP contribution in [-0.2, 0) is 13.2 Å². The van der Waals surface area contributed by atoms with Crippen LogP contribution in [0.1, 0.15) is 18.3 Å². The molecule has 6 heteroatoms. The topological polar surface area (TPSA) is 27.1 Å². The Morgan fingerprint density at radius 1 is 1.37 bits per heavy atom. The minimum atomic E-state index is -0.713. The van der Waals surface area contributed by atoms with Crippen LogP contribution in [0.5, 0.6) is 5.75 Å². The molecule has 0 aliphatic rings. The predicted octanol–water partition coefficient (Wildman–Crippen LogP) is 3.83. The van der Waals surface area contributed by atoms with Gasteiger partial charge in [-0.25, -0.2) is 8.78 Å². The van der Waals surface area contributed by atoms with Gasteiger partial charge in [-0.05, 0) is 41.9 Å². The third-order valence-corrected chi connectivity index (χ3v) is 3.74. The molecule has 2 aromatic rings. The van der Waals surface area contributed by atoms with Crippen molar-refractivity contribution in [3.05, 3.63) is 45.7 Å². The van der Waals surface area contributed by atoms with Crippen LogP contribution in [0.4, 0.5) is 8.78 Å². The van der Waals surface area contributed by atoms with Crippen molar-refractivity contribution in [1.82, 2.24) is 9.78 Å². The highest BCUT2D eigenvalue weighted by molar-refractivity contribution is 9.10. The summed E-state index contributed by atoms with van der Waals surface area (Å²) in [6.07, 6.45) is 0. The molecule has 19 heavy (non-hydrogen) atoms. The summed E-state index contributed by atoms with van der Waals surface area (Å²) < 4.78 is 34.2. The van der Waals surface area contributed by atoms with Gasteiger partial charge in [-0.3, -0.25) is 4.68 Å². The van der Waals surface area contributed by atoms with E-state index in [9.17, 15) is 8.78 Å². The number of rotatable bonds is 4. The molecule has 0 bridgehead atoms. The largest absolute Gasteiger partial charge is 0.484 e. The highest BCUT2D eigenvalue weighted by Gasteiger charge is 2.13. The van der Waals surface area contributed by atoms with E-state index in [1.54, 1.807) is 4.68 Å². The maximum absolute atomic E-state index is 13.4. The Hall–Kier alpha value is -1.43. The lowest BCUT2D eigenvalue weighted by Crippen LogP contribution is -2.07. The third kappa shape index (κ3) is 2.94. The van der Waals surface area contributed by atoms with Crippen molar-refractivity contribution in [2.75, 3.05) is 0 Å². The second-order valence-corrected chi connectivity index (χ2v) is 4.82. The summed E-state index contributed by atoms with van der Waals surface area (Å²) in [5.74, 6) is -1.31. The molecule has 1 aromatic heterocycles. The second-order valence-electron chi connectivity index (χ2n) is 4.03. The molecular weight excluding hydrogens is 318 g/mol. The fraction of sp³-hybridized carbons (Fsp3) is 0.308. The summed E-state index contributed by atoms with van der Waals surface area (Å²) in [5, 5.41) is 4.31. The van der Waals surface area contributed by atoms with Crippen molar-refractivity contribution in [2.24, 2.45) is 0 Å². The van der Waals surface area contributed by atoms with E-state index in [4.69, 9.17) is 4.74 Å². The number of aromatic nitrogens is 2. The van der Waals surface area contributed by atoms with Crippen molar-refractivity contribution in [3.63, 3.8) is 0 Å². The maximum Gasteiger partial charge on any atom is 0.167 e. The zero-order chi connectivity index (χ0) is 14.0. The van der Waals surface area contributed by atoms with Crippen LogP contribution < -0.4 is 4.74 Å². The predicted molar refractivity (Wildman–Crippen MR) is 71.0 cm³/mol. The van der Waals surface area contributed by atoms with Crippen molar-refractivity contribution in [2.45, 2.75) is 27.0 Å². The summed E-state index contributed by atoms with van der Waals surface area (Å²) >= 11 is 3.43. The molecule has 0 radical (unpaired) electrons. The zero-order valence-corrected chi connectivity index (χ0v) is 12.2. The van der Waals surface area contributed by atoms with Crippen LogP contribution in [0, 0.1) is 18.6 Å². The Morgan fingerprint density at radius 2 is 2.11 bits per heavy atom. The molecule has 0 spiro atoms. The number of benzene rings is 1. The van der Waals surface area contributed by atoms with Gasteiger partial charge in [0.15, 0.2) is 11.6 Å². The van der Waals surface area contributed by atoms with Gasteiger partial charge in [0.2, 0.25) is 0 Å². The lowest BCUT2D eigenvalue weighted by atomic mass is 10.3. The Morgan fingerprint density at radius 3 is 2.74 bits per heavy atom. The highest BCUT2D eigenvalue weighted by atomic mass is 79.9. The van der Waals surface area contributed by atoms with Gasteiger partial charge in [0, 0.05) is 12.6 Å². The van der Waals surface area contributed by atoms with Gasteiger partial charge in [0.1, 0.15) is 12.4 Å². The summed E-state index contributed by atoms with van der Waals surface area (Å²) in [6, 6.07) is 3.24. The fourth-order valence-electron chi connectivity index (χ4n) is 1.75. The van der Waals surface area contributed by atoms with Gasteiger partial charge in [-0.15, -0.1) is 0 Å². The van der Waals surface area contributed by atoms with E-state index < -0.39 is 11.6 Å². The molecular formula is C13H13BrF2N2O. The van der Waals surface area contributed by atoms with E-state index in [1.807, 2.05) is 13.8 Å². The van der Waals surface area contributed by atoms with Gasteiger partial charge in [0.25, 0.3) is 0 Å². The summed E-state index contributed by atoms with van der Waals surface area (Å²) in [7, 11) is 0. The van der Waals surface area contributed by atoms with Crippen LogP contribution in [0.3, 0.4) is 0 Å². The number of hydrogen-bond acceptors (Lipinski definition) is 2. The number of nitrogens with zero attached hydrogens (tertiary/aromatic N) is 2. The first kappa shape index (κ1) is 14.0. The van der Waals surface area contributed by atoms with E-state index in [2.05, 4.69) is 21.0 Å². The van der Waals surface area contributed by atoms with Gasteiger partial charge >= 0.3 is 0 Å². The van der Waals surface area contributed by atoms with Crippen LogP contribution >= 0.6 is 15.9 Å². The molecule has 0 aliphatic carbocycles. The van der Waals surface area contributed by atoms with Crippen molar-refractivity contribution < 1.29 is 13.5 Å². The van der Waals surface area contributed by atoms with Crippen LogP contribution in [0.2, 0.25) is 0 Å². The number of ether oxygens (including phenoxy) is 1. The first-order chi connectivity index (χ1) is 9.02. The Balaban J connectivity index is 2.18. The summed E-state index contributed by atoms with van der Waals surface area (Å²) in [5.41, 5.74) is 1.67. The molecule has 0 aliphatic heterocycles. The van der Waals surface area contributed by atoms with Crippen molar-refractivity contribution in [3.8, 4) is 5.75 Å². The molecule has 1 heterocycles. The minimum Gasteiger partial charge on any atom is -0.484 e. The minimum absolute atomic E-state index is 0.0230.